The molecule has 0 fully saturated rings. The molecule has 0 aromatic heterocycles. The van der Waals surface area contributed by atoms with Crippen LogP contribution in [0.15, 0.2) is 78.9 Å². The van der Waals surface area contributed by atoms with E-state index in [0.717, 1.165) is 16.8 Å². The van der Waals surface area contributed by atoms with Crippen molar-refractivity contribution in [2.75, 3.05) is 18.1 Å². The van der Waals surface area contributed by atoms with Crippen LogP contribution in [0.5, 0.6) is 5.75 Å². The summed E-state index contributed by atoms with van der Waals surface area (Å²) in [6, 6.07) is 24.5. The van der Waals surface area contributed by atoms with Crippen LogP contribution in [-0.4, -0.2) is 36.2 Å². The zero-order valence-corrected chi connectivity index (χ0v) is 20.2. The second kappa shape index (κ2) is 11.2. The summed E-state index contributed by atoms with van der Waals surface area (Å²) in [6.07, 6.45) is 0.368. The molecule has 35 heavy (non-hydrogen) atoms. The van der Waals surface area contributed by atoms with Crippen LogP contribution in [0.1, 0.15) is 48.8 Å². The molecule has 0 saturated carbocycles. The van der Waals surface area contributed by atoms with E-state index in [2.05, 4.69) is 43.4 Å². The van der Waals surface area contributed by atoms with Gasteiger partial charge in [0.1, 0.15) is 18.4 Å². The lowest BCUT2D eigenvalue weighted by atomic mass is 9.96. The number of fused-ring (bicyclic) bond motifs is 1. The van der Waals surface area contributed by atoms with Crippen molar-refractivity contribution in [3.05, 3.63) is 95.6 Å². The van der Waals surface area contributed by atoms with E-state index in [4.69, 9.17) is 4.74 Å². The normalized spacial score (nSPS) is 16.4. The monoisotopic (exact) mass is 472 g/mol. The van der Waals surface area contributed by atoms with Gasteiger partial charge in [-0.05, 0) is 47.7 Å². The predicted molar refractivity (Wildman–Crippen MR) is 137 cm³/mol. The summed E-state index contributed by atoms with van der Waals surface area (Å²) >= 11 is 0. The highest BCUT2D eigenvalue weighted by Crippen LogP contribution is 2.32. The van der Waals surface area contributed by atoms with Gasteiger partial charge < -0.3 is 20.1 Å². The molecule has 0 bridgehead atoms. The fraction of sp³-hybridized carbons (Fsp3) is 0.310. The van der Waals surface area contributed by atoms with E-state index < -0.39 is 17.9 Å². The van der Waals surface area contributed by atoms with Gasteiger partial charge in [0, 0.05) is 0 Å². The highest BCUT2D eigenvalue weighted by Gasteiger charge is 2.31. The molecule has 4 rings (SSSR count). The number of carbonyl (C=O) groups is 2. The number of amides is 1. The second-order valence-electron chi connectivity index (χ2n) is 9.20. The summed E-state index contributed by atoms with van der Waals surface area (Å²) in [5.74, 6) is -0.498. The third-order valence-corrected chi connectivity index (χ3v) is 6.44. The summed E-state index contributed by atoms with van der Waals surface area (Å²) in [4.78, 5) is 27.2. The standard InChI is InChI=1S/C29H32N2O4/c1-20(2)22-14-12-21(13-15-22)18-31-26-10-6-7-11-27(26)35-19-25(28(31)32)30-17-16-24(29(33)34)23-8-4-3-5-9-23/h3-15,20,24-25,30H,16-19H2,1-2H3,(H,33,34)/t24-,25+/m0/s1. The molecule has 2 N–H and O–H groups in total. The average Bonchev–Trinajstić information content (AvgIpc) is 2.99. The number of nitrogens with zero attached hydrogens (tertiary/aromatic N) is 1. The molecule has 1 heterocycles. The number of hydrogen-bond acceptors (Lipinski definition) is 4. The molecule has 0 radical (unpaired) electrons. The Hall–Kier alpha value is -3.64. The Morgan fingerprint density at radius 3 is 2.37 bits per heavy atom. The fourth-order valence-electron chi connectivity index (χ4n) is 4.37. The van der Waals surface area contributed by atoms with Crippen LogP contribution in [-0.2, 0) is 16.1 Å². The van der Waals surface area contributed by atoms with Crippen molar-refractivity contribution >= 4 is 17.6 Å². The molecule has 182 valence electrons. The molecular formula is C29H32N2O4. The molecular weight excluding hydrogens is 440 g/mol. The van der Waals surface area contributed by atoms with E-state index >= 15 is 0 Å². The lowest BCUT2D eigenvalue weighted by Gasteiger charge is -2.25. The predicted octanol–water partition coefficient (Wildman–Crippen LogP) is 4.95. The van der Waals surface area contributed by atoms with Gasteiger partial charge >= 0.3 is 5.97 Å². The molecule has 0 unspecified atom stereocenters. The molecule has 3 aromatic rings. The number of hydrogen-bond donors (Lipinski definition) is 2. The van der Waals surface area contributed by atoms with Gasteiger partial charge in [-0.2, -0.15) is 0 Å². The van der Waals surface area contributed by atoms with Crippen LogP contribution in [0.25, 0.3) is 0 Å². The zero-order chi connectivity index (χ0) is 24.8. The van der Waals surface area contributed by atoms with E-state index in [1.165, 1.54) is 5.56 Å². The maximum absolute atomic E-state index is 13.6. The lowest BCUT2D eigenvalue weighted by molar-refractivity contribution is -0.138. The summed E-state index contributed by atoms with van der Waals surface area (Å²) in [6.45, 7) is 5.30. The largest absolute Gasteiger partial charge is 0.489 e. The van der Waals surface area contributed by atoms with Crippen molar-refractivity contribution in [1.29, 1.82) is 0 Å². The Morgan fingerprint density at radius 1 is 1.00 bits per heavy atom. The molecule has 1 aliphatic heterocycles. The van der Waals surface area contributed by atoms with Gasteiger partial charge in [-0.15, -0.1) is 0 Å². The van der Waals surface area contributed by atoms with Gasteiger partial charge in [-0.3, -0.25) is 9.59 Å². The van der Waals surface area contributed by atoms with E-state index in [9.17, 15) is 14.7 Å². The maximum Gasteiger partial charge on any atom is 0.311 e. The average molecular weight is 473 g/mol. The number of carboxylic acid groups (broad SMARTS) is 1. The number of para-hydroxylation sites is 2. The van der Waals surface area contributed by atoms with Crippen LogP contribution in [0.4, 0.5) is 5.69 Å². The van der Waals surface area contributed by atoms with Crippen LogP contribution in [0.3, 0.4) is 0 Å². The van der Waals surface area contributed by atoms with E-state index in [1.807, 2.05) is 54.6 Å². The van der Waals surface area contributed by atoms with E-state index in [0.29, 0.717) is 31.2 Å². The summed E-state index contributed by atoms with van der Waals surface area (Å²) in [5.41, 5.74) is 3.78. The van der Waals surface area contributed by atoms with E-state index in [-0.39, 0.29) is 12.5 Å². The molecule has 1 aliphatic rings. The van der Waals surface area contributed by atoms with Crippen molar-refractivity contribution in [2.45, 2.75) is 44.7 Å². The summed E-state index contributed by atoms with van der Waals surface area (Å²) < 4.78 is 6.00. The van der Waals surface area contributed by atoms with Crippen molar-refractivity contribution in [1.82, 2.24) is 5.32 Å². The number of ether oxygens (including phenoxy) is 1. The Labute approximate surface area is 206 Å². The van der Waals surface area contributed by atoms with Crippen LogP contribution >= 0.6 is 0 Å². The third-order valence-electron chi connectivity index (χ3n) is 6.44. The third kappa shape index (κ3) is 5.89. The Morgan fingerprint density at radius 2 is 1.69 bits per heavy atom. The van der Waals surface area contributed by atoms with Crippen LogP contribution < -0.4 is 15.0 Å². The van der Waals surface area contributed by atoms with Gasteiger partial charge in [-0.1, -0.05) is 80.6 Å². The smallest absolute Gasteiger partial charge is 0.311 e. The molecule has 3 aromatic carbocycles. The Bertz CT molecular complexity index is 1140. The fourth-order valence-corrected chi connectivity index (χ4v) is 4.37. The van der Waals surface area contributed by atoms with Crippen molar-refractivity contribution in [3.8, 4) is 5.75 Å². The number of nitrogens with one attached hydrogen (secondary N) is 1. The zero-order valence-electron chi connectivity index (χ0n) is 20.2. The van der Waals surface area contributed by atoms with E-state index in [1.54, 1.807) is 4.90 Å². The first-order valence-electron chi connectivity index (χ1n) is 12.1. The van der Waals surface area contributed by atoms with Gasteiger partial charge in [-0.25, -0.2) is 0 Å². The molecule has 1 amide bonds. The Balaban J connectivity index is 1.49. The van der Waals surface area contributed by atoms with Crippen molar-refractivity contribution in [3.63, 3.8) is 0 Å². The summed E-state index contributed by atoms with van der Waals surface area (Å²) in [5, 5.41) is 13.0. The first kappa shape index (κ1) is 24.5. The van der Waals surface area contributed by atoms with Crippen LogP contribution in [0, 0.1) is 0 Å². The molecule has 0 saturated heterocycles. The minimum atomic E-state index is -0.875. The molecule has 0 aliphatic carbocycles. The number of anilines is 1. The van der Waals surface area contributed by atoms with Crippen LogP contribution in [0.2, 0.25) is 0 Å². The SMILES string of the molecule is CC(C)c1ccc(CN2C(=O)[C@H](NCC[C@H](C(=O)O)c3ccccc3)COc3ccccc32)cc1. The number of rotatable bonds is 9. The topological polar surface area (TPSA) is 78.9 Å². The first-order chi connectivity index (χ1) is 16.9. The quantitative estimate of drug-likeness (QED) is 0.461. The highest BCUT2D eigenvalue weighted by molar-refractivity contribution is 5.99. The minimum absolute atomic E-state index is 0.0885. The number of aliphatic carboxylic acids is 1. The van der Waals surface area contributed by atoms with Gasteiger partial charge in [0.25, 0.3) is 0 Å². The maximum atomic E-state index is 13.6. The highest BCUT2D eigenvalue weighted by atomic mass is 16.5. The molecule has 6 heteroatoms. The molecule has 2 atom stereocenters. The number of benzene rings is 3. The Kier molecular flexibility index (Phi) is 7.83. The lowest BCUT2D eigenvalue weighted by Crippen LogP contribution is -2.48. The van der Waals surface area contributed by atoms with Gasteiger partial charge in [0.05, 0.1) is 18.2 Å². The van der Waals surface area contributed by atoms with Gasteiger partial charge in [0.2, 0.25) is 5.91 Å². The second-order valence-corrected chi connectivity index (χ2v) is 9.20. The first-order valence-corrected chi connectivity index (χ1v) is 12.1. The van der Waals surface area contributed by atoms with Gasteiger partial charge in [0.15, 0.2) is 0 Å². The number of carbonyl (C=O) groups excluding carboxylic acids is 1. The molecule has 6 nitrogen and oxygen atoms in total. The summed E-state index contributed by atoms with van der Waals surface area (Å²) in [7, 11) is 0. The number of carboxylic acids is 1. The minimum Gasteiger partial charge on any atom is -0.489 e. The molecule has 0 spiro atoms. The van der Waals surface area contributed by atoms with Crippen molar-refractivity contribution < 1.29 is 19.4 Å². The van der Waals surface area contributed by atoms with Crippen molar-refractivity contribution in [2.24, 2.45) is 0 Å².